The van der Waals surface area contributed by atoms with E-state index in [4.69, 9.17) is 10.5 Å². The second kappa shape index (κ2) is 11.7. The summed E-state index contributed by atoms with van der Waals surface area (Å²) in [7, 11) is 0. The first kappa shape index (κ1) is 28.0. The number of esters is 1. The molecule has 0 saturated carbocycles. The van der Waals surface area contributed by atoms with Crippen LogP contribution < -0.4 is 26.6 Å². The third kappa shape index (κ3) is 7.24. The van der Waals surface area contributed by atoms with Crippen molar-refractivity contribution in [2.45, 2.75) is 26.8 Å². The number of H-pyrrole nitrogens is 1. The lowest BCUT2D eigenvalue weighted by Crippen LogP contribution is -2.44. The number of nitrogens with one attached hydrogen (secondary N) is 1. The quantitative estimate of drug-likeness (QED) is 0.403. The third-order valence-corrected chi connectivity index (χ3v) is 5.17. The van der Waals surface area contributed by atoms with Gasteiger partial charge in [0.2, 0.25) is 0 Å². The summed E-state index contributed by atoms with van der Waals surface area (Å²) in [5.41, 5.74) is 4.87. The van der Waals surface area contributed by atoms with E-state index < -0.39 is 41.8 Å². The van der Waals surface area contributed by atoms with Crippen LogP contribution in [0.2, 0.25) is 0 Å². The lowest BCUT2D eigenvalue weighted by atomic mass is 10.2. The predicted molar refractivity (Wildman–Crippen MR) is 132 cm³/mol. The summed E-state index contributed by atoms with van der Waals surface area (Å²) < 4.78 is 46.9. The van der Waals surface area contributed by atoms with Crippen LogP contribution in [-0.2, 0) is 16.1 Å². The van der Waals surface area contributed by atoms with Crippen molar-refractivity contribution in [2.24, 2.45) is 5.92 Å². The van der Waals surface area contributed by atoms with Gasteiger partial charge in [-0.25, -0.2) is 9.59 Å². The fourth-order valence-corrected chi connectivity index (χ4v) is 3.53. The first-order valence-corrected chi connectivity index (χ1v) is 11.4. The Morgan fingerprint density at radius 1 is 1.05 bits per heavy atom. The predicted octanol–water partition coefficient (Wildman–Crippen LogP) is 2.91. The Kier molecular flexibility index (Phi) is 8.61. The average molecular weight is 534 g/mol. The normalized spacial score (nSPS) is 11.3. The molecule has 1 amide bonds. The van der Waals surface area contributed by atoms with Crippen LogP contribution in [0.15, 0.2) is 64.2 Å². The number of benzene rings is 2. The number of rotatable bonds is 9. The van der Waals surface area contributed by atoms with Crippen molar-refractivity contribution in [3.63, 3.8) is 0 Å². The molecule has 0 unspecified atom stereocenters. The summed E-state index contributed by atoms with van der Waals surface area (Å²) in [4.78, 5) is 53.9. The maximum absolute atomic E-state index is 13.1. The molecule has 13 heteroatoms. The number of anilines is 2. The van der Waals surface area contributed by atoms with Crippen LogP contribution in [0.25, 0.3) is 0 Å². The van der Waals surface area contributed by atoms with Gasteiger partial charge >= 0.3 is 18.0 Å². The molecule has 0 fully saturated rings. The SMILES string of the molecule is CC(C)CN(C(=O)COC(=O)c1ccc(OC(F)(F)F)cc1)c1c(N)n(Cc2ccccc2)c(=O)[nH]c1=O. The van der Waals surface area contributed by atoms with E-state index in [1.165, 1.54) is 0 Å². The lowest BCUT2D eigenvalue weighted by Gasteiger charge is -2.26. The van der Waals surface area contributed by atoms with Gasteiger partial charge in [-0.15, -0.1) is 13.2 Å². The largest absolute Gasteiger partial charge is 0.573 e. The van der Waals surface area contributed by atoms with E-state index in [1.54, 1.807) is 44.2 Å². The Bertz CT molecular complexity index is 1400. The Balaban J connectivity index is 1.82. The highest BCUT2D eigenvalue weighted by atomic mass is 19.4. The Morgan fingerprint density at radius 3 is 2.26 bits per heavy atom. The molecule has 3 N–H and O–H groups in total. The average Bonchev–Trinajstić information content (AvgIpc) is 2.84. The number of hydrogen-bond donors (Lipinski definition) is 2. The van der Waals surface area contributed by atoms with Gasteiger partial charge in [-0.3, -0.25) is 19.1 Å². The molecular weight excluding hydrogens is 509 g/mol. The molecule has 0 aliphatic carbocycles. The van der Waals surface area contributed by atoms with Crippen LogP contribution in [0.1, 0.15) is 29.8 Å². The van der Waals surface area contributed by atoms with Crippen LogP contribution in [0, 0.1) is 5.92 Å². The van der Waals surface area contributed by atoms with Crippen LogP contribution in [0.5, 0.6) is 5.75 Å². The maximum atomic E-state index is 13.1. The summed E-state index contributed by atoms with van der Waals surface area (Å²) in [5.74, 6) is -2.72. The Hall–Kier alpha value is -4.55. The lowest BCUT2D eigenvalue weighted by molar-refractivity contribution is -0.274. The summed E-state index contributed by atoms with van der Waals surface area (Å²) in [5, 5.41) is 0. The molecule has 38 heavy (non-hydrogen) atoms. The number of aromatic nitrogens is 2. The molecule has 0 saturated heterocycles. The maximum Gasteiger partial charge on any atom is 0.573 e. The van der Waals surface area contributed by atoms with Crippen molar-refractivity contribution < 1.29 is 32.2 Å². The van der Waals surface area contributed by atoms with Gasteiger partial charge in [-0.05, 0) is 35.7 Å². The number of aromatic amines is 1. The van der Waals surface area contributed by atoms with E-state index in [0.717, 1.165) is 39.3 Å². The minimum Gasteiger partial charge on any atom is -0.452 e. The van der Waals surface area contributed by atoms with Gasteiger partial charge in [0.05, 0.1) is 12.1 Å². The second-order valence-corrected chi connectivity index (χ2v) is 8.61. The van der Waals surface area contributed by atoms with Crippen molar-refractivity contribution in [3.8, 4) is 5.75 Å². The molecule has 0 radical (unpaired) electrons. The molecule has 3 rings (SSSR count). The van der Waals surface area contributed by atoms with Crippen molar-refractivity contribution >= 4 is 23.4 Å². The van der Waals surface area contributed by atoms with E-state index in [0.29, 0.717) is 0 Å². The molecule has 1 heterocycles. The van der Waals surface area contributed by atoms with Gasteiger partial charge in [0.1, 0.15) is 11.6 Å². The molecule has 0 spiro atoms. The zero-order valence-electron chi connectivity index (χ0n) is 20.4. The molecule has 0 bridgehead atoms. The Labute approximate surface area is 214 Å². The minimum absolute atomic E-state index is 0.0106. The standard InChI is InChI=1S/C25H25F3N4O6/c1-15(2)12-31(19(33)14-37-23(35)17-8-10-18(11-9-17)38-25(26,27)28)20-21(29)32(24(36)30-22(20)34)13-16-6-4-3-5-7-16/h3-11,15H,12-14,29H2,1-2H3,(H,30,34,36). The first-order chi connectivity index (χ1) is 17.9. The zero-order chi connectivity index (χ0) is 28.0. The number of nitrogens with zero attached hydrogens (tertiary/aromatic N) is 2. The fourth-order valence-electron chi connectivity index (χ4n) is 3.53. The highest BCUT2D eigenvalue weighted by Crippen LogP contribution is 2.23. The molecule has 0 aliphatic heterocycles. The fraction of sp³-hybridized carbons (Fsp3) is 0.280. The molecule has 2 aromatic carbocycles. The zero-order valence-corrected chi connectivity index (χ0v) is 20.4. The van der Waals surface area contributed by atoms with Crippen molar-refractivity contribution in [2.75, 3.05) is 23.8 Å². The number of nitrogens with two attached hydrogens (primary N) is 1. The molecule has 0 aliphatic rings. The van der Waals surface area contributed by atoms with Gasteiger partial charge in [0.25, 0.3) is 11.5 Å². The summed E-state index contributed by atoms with van der Waals surface area (Å²) in [6.07, 6.45) is -4.89. The highest BCUT2D eigenvalue weighted by molar-refractivity contribution is 5.98. The number of hydrogen-bond acceptors (Lipinski definition) is 7. The smallest absolute Gasteiger partial charge is 0.452 e. The van der Waals surface area contributed by atoms with Crippen molar-refractivity contribution in [1.29, 1.82) is 0 Å². The van der Waals surface area contributed by atoms with Gasteiger partial charge in [-0.2, -0.15) is 0 Å². The number of alkyl halides is 3. The van der Waals surface area contributed by atoms with Gasteiger partial charge in [-0.1, -0.05) is 44.2 Å². The van der Waals surface area contributed by atoms with Gasteiger partial charge in [0.15, 0.2) is 12.3 Å². The van der Waals surface area contributed by atoms with E-state index >= 15 is 0 Å². The number of ether oxygens (including phenoxy) is 2. The second-order valence-electron chi connectivity index (χ2n) is 8.61. The number of carbonyl (C=O) groups is 2. The summed E-state index contributed by atoms with van der Waals surface area (Å²) in [6.45, 7) is 2.80. The first-order valence-electron chi connectivity index (χ1n) is 11.4. The molecule has 1 aromatic heterocycles. The number of nitrogen functional groups attached to an aromatic ring is 1. The van der Waals surface area contributed by atoms with Gasteiger partial charge < -0.3 is 20.1 Å². The number of amides is 1. The van der Waals surface area contributed by atoms with E-state index in [-0.39, 0.29) is 36.1 Å². The number of carbonyl (C=O) groups excluding carboxylic acids is 2. The number of halogens is 3. The van der Waals surface area contributed by atoms with Crippen LogP contribution in [-0.4, -0.2) is 40.9 Å². The molecular formula is C25H25F3N4O6. The van der Waals surface area contributed by atoms with Crippen molar-refractivity contribution in [3.05, 3.63) is 86.6 Å². The summed E-state index contributed by atoms with van der Waals surface area (Å²) >= 11 is 0. The molecule has 0 atom stereocenters. The monoisotopic (exact) mass is 534 g/mol. The molecule has 202 valence electrons. The van der Waals surface area contributed by atoms with Crippen LogP contribution >= 0.6 is 0 Å². The van der Waals surface area contributed by atoms with Crippen LogP contribution in [0.4, 0.5) is 24.7 Å². The highest BCUT2D eigenvalue weighted by Gasteiger charge is 2.31. The molecule has 10 nitrogen and oxygen atoms in total. The Morgan fingerprint density at radius 2 is 1.68 bits per heavy atom. The van der Waals surface area contributed by atoms with E-state index in [1.807, 2.05) is 0 Å². The van der Waals surface area contributed by atoms with E-state index in [9.17, 15) is 32.3 Å². The topological polar surface area (TPSA) is 137 Å². The van der Waals surface area contributed by atoms with E-state index in [2.05, 4.69) is 9.72 Å². The third-order valence-electron chi connectivity index (χ3n) is 5.17. The summed E-state index contributed by atoms with van der Waals surface area (Å²) in [6, 6.07) is 12.8. The van der Waals surface area contributed by atoms with Crippen LogP contribution in [0.3, 0.4) is 0 Å². The van der Waals surface area contributed by atoms with Crippen molar-refractivity contribution in [1.82, 2.24) is 9.55 Å². The minimum atomic E-state index is -4.89. The molecule has 3 aromatic rings. The van der Waals surface area contributed by atoms with Gasteiger partial charge in [0, 0.05) is 6.54 Å².